The smallest absolute Gasteiger partial charge is 0.338 e. The summed E-state index contributed by atoms with van der Waals surface area (Å²) in [6, 6.07) is 12.4. The number of thiocarbonyl (C=S) groups is 1. The second-order valence-electron chi connectivity index (χ2n) is 6.56. The van der Waals surface area contributed by atoms with Crippen molar-refractivity contribution in [3.63, 3.8) is 0 Å². The molecule has 3 rings (SSSR count). The second kappa shape index (κ2) is 9.47. The van der Waals surface area contributed by atoms with Gasteiger partial charge in [0.15, 0.2) is 5.11 Å². The summed E-state index contributed by atoms with van der Waals surface area (Å²) in [4.78, 5) is 12.0. The first-order valence-electron chi connectivity index (χ1n) is 9.03. The molecule has 1 heterocycles. The second-order valence-corrected chi connectivity index (χ2v) is 7.81. The third-order valence-electron chi connectivity index (χ3n) is 4.54. The van der Waals surface area contributed by atoms with Crippen molar-refractivity contribution < 1.29 is 9.53 Å². The molecule has 0 fully saturated rings. The van der Waals surface area contributed by atoms with Crippen LogP contribution in [-0.2, 0) is 11.3 Å². The molecule has 0 aliphatic rings. The fraction of sp³-hybridized carbons (Fsp3) is 0.190. The first-order valence-corrected chi connectivity index (χ1v) is 10.2. The van der Waals surface area contributed by atoms with Crippen molar-refractivity contribution in [3.8, 4) is 0 Å². The molecule has 3 aromatic rings. The number of esters is 1. The highest BCUT2D eigenvalue weighted by molar-refractivity contribution is 7.80. The van der Waals surface area contributed by atoms with Gasteiger partial charge < -0.3 is 15.4 Å². The maximum absolute atomic E-state index is 12.0. The Morgan fingerprint density at radius 3 is 2.63 bits per heavy atom. The summed E-state index contributed by atoms with van der Waals surface area (Å²) in [6.45, 7) is 4.23. The Labute approximate surface area is 190 Å². The van der Waals surface area contributed by atoms with E-state index in [9.17, 15) is 4.79 Å². The largest absolute Gasteiger partial charge is 0.465 e. The molecule has 0 aliphatic carbocycles. The molecule has 0 bridgehead atoms. The van der Waals surface area contributed by atoms with Gasteiger partial charge in [-0.25, -0.2) is 4.79 Å². The molecule has 156 valence electrons. The van der Waals surface area contributed by atoms with E-state index in [1.54, 1.807) is 30.3 Å². The third-order valence-corrected chi connectivity index (χ3v) is 5.31. The van der Waals surface area contributed by atoms with Crippen molar-refractivity contribution in [1.82, 2.24) is 9.78 Å². The molecule has 1 aromatic heterocycles. The van der Waals surface area contributed by atoms with Gasteiger partial charge in [-0.15, -0.1) is 0 Å². The predicted molar refractivity (Wildman–Crippen MR) is 125 cm³/mol. The Morgan fingerprint density at radius 1 is 1.17 bits per heavy atom. The number of anilines is 2. The first-order chi connectivity index (χ1) is 14.3. The Hall–Kier alpha value is -2.61. The van der Waals surface area contributed by atoms with Crippen molar-refractivity contribution in [3.05, 3.63) is 75.0 Å². The van der Waals surface area contributed by atoms with E-state index in [1.807, 2.05) is 30.7 Å². The predicted octanol–water partition coefficient (Wildman–Crippen LogP) is 5.45. The number of hydrogen-bond acceptors (Lipinski definition) is 4. The molecule has 0 aliphatic heterocycles. The van der Waals surface area contributed by atoms with E-state index < -0.39 is 0 Å². The molecule has 0 unspecified atom stereocenters. The average Bonchev–Trinajstić information content (AvgIpc) is 2.98. The van der Waals surface area contributed by atoms with E-state index in [0.29, 0.717) is 33.0 Å². The summed E-state index contributed by atoms with van der Waals surface area (Å²) in [6.07, 6.45) is 0. The quantitative estimate of drug-likeness (QED) is 0.388. The van der Waals surface area contributed by atoms with Crippen LogP contribution in [0.15, 0.2) is 42.5 Å². The zero-order chi connectivity index (χ0) is 21.8. The first kappa shape index (κ1) is 22.1. The van der Waals surface area contributed by atoms with Crippen LogP contribution in [0.1, 0.15) is 27.3 Å². The van der Waals surface area contributed by atoms with Gasteiger partial charge in [0.25, 0.3) is 0 Å². The normalized spacial score (nSPS) is 10.6. The minimum absolute atomic E-state index is 0.361. The fourth-order valence-corrected chi connectivity index (χ4v) is 3.57. The fourth-order valence-electron chi connectivity index (χ4n) is 3.02. The highest BCUT2D eigenvalue weighted by atomic mass is 35.5. The molecule has 9 heteroatoms. The maximum atomic E-state index is 12.0. The minimum atomic E-state index is -0.380. The number of halogens is 2. The minimum Gasteiger partial charge on any atom is -0.465 e. The van der Waals surface area contributed by atoms with Crippen LogP contribution in [0.5, 0.6) is 0 Å². The SMILES string of the molecule is COC(=O)c1ccccc1Cn1nc(C)c(NC(=S)Nc2cc(Cl)ccc2Cl)c1C. The van der Waals surface area contributed by atoms with Crippen molar-refractivity contribution in [2.24, 2.45) is 0 Å². The highest BCUT2D eigenvalue weighted by Crippen LogP contribution is 2.26. The van der Waals surface area contributed by atoms with Crippen LogP contribution >= 0.6 is 35.4 Å². The molecular formula is C21H20Cl2N4O2S. The molecule has 30 heavy (non-hydrogen) atoms. The van der Waals surface area contributed by atoms with Gasteiger partial charge >= 0.3 is 5.97 Å². The number of nitrogens with one attached hydrogen (secondary N) is 2. The van der Waals surface area contributed by atoms with Gasteiger partial charge in [0.2, 0.25) is 0 Å². The zero-order valence-electron chi connectivity index (χ0n) is 16.6. The molecule has 6 nitrogen and oxygen atoms in total. The number of nitrogens with zero attached hydrogens (tertiary/aromatic N) is 2. The standard InChI is InChI=1S/C21H20Cl2N4O2S/c1-12-19(25-21(30)24-18-10-15(22)8-9-17(18)23)13(2)27(26-12)11-14-6-4-5-7-16(14)20(28)29-3/h4-10H,11H2,1-3H3,(H2,24,25,30). The van der Waals surface area contributed by atoms with Crippen LogP contribution in [0.2, 0.25) is 10.0 Å². The number of carbonyl (C=O) groups is 1. The molecule has 0 radical (unpaired) electrons. The summed E-state index contributed by atoms with van der Waals surface area (Å²) in [5.41, 5.74) is 4.35. The number of methoxy groups -OCH3 is 1. The molecule has 0 spiro atoms. The van der Waals surface area contributed by atoms with E-state index in [0.717, 1.165) is 22.6 Å². The van der Waals surface area contributed by atoms with Gasteiger partial charge in [-0.3, -0.25) is 4.68 Å². The Balaban J connectivity index is 1.80. The summed E-state index contributed by atoms with van der Waals surface area (Å²) in [7, 11) is 1.37. The number of benzene rings is 2. The van der Waals surface area contributed by atoms with Gasteiger partial charge in [-0.2, -0.15) is 5.10 Å². The monoisotopic (exact) mass is 462 g/mol. The molecule has 2 aromatic carbocycles. The van der Waals surface area contributed by atoms with Crippen LogP contribution in [-0.4, -0.2) is 28.0 Å². The lowest BCUT2D eigenvalue weighted by Crippen LogP contribution is -2.20. The number of rotatable bonds is 5. The number of aryl methyl sites for hydroxylation is 1. The summed E-state index contributed by atoms with van der Waals surface area (Å²) >= 11 is 17.6. The topological polar surface area (TPSA) is 68.2 Å². The van der Waals surface area contributed by atoms with Crippen molar-refractivity contribution in [1.29, 1.82) is 0 Å². The van der Waals surface area contributed by atoms with Gasteiger partial charge in [0, 0.05) is 5.02 Å². The lowest BCUT2D eigenvalue weighted by atomic mass is 10.1. The molecule has 0 saturated heterocycles. The van der Waals surface area contributed by atoms with Crippen molar-refractivity contribution in [2.45, 2.75) is 20.4 Å². The van der Waals surface area contributed by atoms with E-state index in [-0.39, 0.29) is 5.97 Å². The highest BCUT2D eigenvalue weighted by Gasteiger charge is 2.17. The molecule has 2 N–H and O–H groups in total. The number of ether oxygens (including phenoxy) is 1. The maximum Gasteiger partial charge on any atom is 0.338 e. The number of carbonyl (C=O) groups excluding carboxylic acids is 1. The molecular weight excluding hydrogens is 443 g/mol. The molecule has 0 atom stereocenters. The van der Waals surface area contributed by atoms with E-state index >= 15 is 0 Å². The summed E-state index contributed by atoms with van der Waals surface area (Å²) in [5.74, 6) is -0.380. The van der Waals surface area contributed by atoms with Crippen LogP contribution in [0.25, 0.3) is 0 Å². The Kier molecular flexibility index (Phi) is 6.97. The average molecular weight is 463 g/mol. The molecule has 0 saturated carbocycles. The number of aromatic nitrogens is 2. The lowest BCUT2D eigenvalue weighted by molar-refractivity contribution is 0.0599. The van der Waals surface area contributed by atoms with Crippen LogP contribution in [0, 0.1) is 13.8 Å². The summed E-state index contributed by atoms with van der Waals surface area (Å²) < 4.78 is 6.69. The Bertz CT molecular complexity index is 1110. The van der Waals surface area contributed by atoms with Crippen molar-refractivity contribution >= 4 is 57.9 Å². The van der Waals surface area contributed by atoms with Gasteiger partial charge in [-0.05, 0) is 55.9 Å². The Morgan fingerprint density at radius 2 is 1.90 bits per heavy atom. The summed E-state index contributed by atoms with van der Waals surface area (Å²) in [5, 5.41) is 12.2. The lowest BCUT2D eigenvalue weighted by Gasteiger charge is -2.13. The van der Waals surface area contributed by atoms with E-state index in [1.165, 1.54) is 7.11 Å². The van der Waals surface area contributed by atoms with Gasteiger partial charge in [0.05, 0.1) is 47.0 Å². The van der Waals surface area contributed by atoms with E-state index in [4.69, 9.17) is 40.2 Å². The van der Waals surface area contributed by atoms with Crippen LogP contribution in [0.4, 0.5) is 11.4 Å². The molecule has 0 amide bonds. The zero-order valence-corrected chi connectivity index (χ0v) is 19.0. The third kappa shape index (κ3) is 4.92. The van der Waals surface area contributed by atoms with Gasteiger partial charge in [-0.1, -0.05) is 41.4 Å². The van der Waals surface area contributed by atoms with Crippen LogP contribution in [0.3, 0.4) is 0 Å². The van der Waals surface area contributed by atoms with Crippen molar-refractivity contribution in [2.75, 3.05) is 17.7 Å². The van der Waals surface area contributed by atoms with E-state index in [2.05, 4.69) is 15.7 Å². The van der Waals surface area contributed by atoms with Gasteiger partial charge in [0.1, 0.15) is 0 Å². The number of hydrogen-bond donors (Lipinski definition) is 2. The van der Waals surface area contributed by atoms with Crippen LogP contribution < -0.4 is 10.6 Å².